The van der Waals surface area contributed by atoms with Gasteiger partial charge in [-0.25, -0.2) is 0 Å². The average Bonchev–Trinajstić information content (AvgIpc) is 3.63. The molecule has 0 heterocycles. The van der Waals surface area contributed by atoms with Crippen LogP contribution in [0.15, 0.2) is 0 Å². The topological polar surface area (TPSA) is 149 Å². The van der Waals surface area contributed by atoms with Crippen LogP contribution >= 0.6 is 0 Å². The zero-order valence-corrected chi connectivity index (χ0v) is 48.4. The Bertz CT molecular complexity index is 1760. The van der Waals surface area contributed by atoms with Crippen molar-refractivity contribution in [2.24, 2.45) is 73.9 Å². The third-order valence-corrected chi connectivity index (χ3v) is 17.9. The van der Waals surface area contributed by atoms with Crippen molar-refractivity contribution in [2.45, 2.75) is 257 Å². The monoisotopic (exact) mass is 1010 g/mol. The van der Waals surface area contributed by atoms with Gasteiger partial charge in [0.25, 0.3) is 0 Å². The number of fused-ring (bicyclic) bond motifs is 5. The molecule has 0 aliphatic heterocycles. The number of esters is 5. The summed E-state index contributed by atoms with van der Waals surface area (Å²) in [6.45, 7) is 30.3. The van der Waals surface area contributed by atoms with Crippen LogP contribution in [0.4, 0.5) is 0 Å². The Kier molecular flexibility index (Phi) is 22.4. The predicted octanol–water partition coefficient (Wildman–Crippen LogP) is 14.2. The third-order valence-electron chi connectivity index (χ3n) is 17.9. The van der Waals surface area contributed by atoms with E-state index in [2.05, 4.69) is 55.4 Å². The summed E-state index contributed by atoms with van der Waals surface area (Å²) in [5, 5.41) is 0. The van der Waals surface area contributed by atoms with Crippen molar-refractivity contribution >= 4 is 35.6 Å². The Hall–Kier alpha value is -2.98. The van der Waals surface area contributed by atoms with Gasteiger partial charge in [-0.05, 0) is 176 Å². The number of rotatable bonds is 27. The molecule has 4 aliphatic rings. The fourth-order valence-corrected chi connectivity index (χ4v) is 14.7. The molecule has 414 valence electrons. The predicted molar refractivity (Wildman–Crippen MR) is 283 cm³/mol. The van der Waals surface area contributed by atoms with Gasteiger partial charge in [-0.15, -0.1) is 0 Å². The van der Waals surface area contributed by atoms with Crippen LogP contribution in [0.1, 0.15) is 245 Å². The second kappa shape index (κ2) is 26.2. The van der Waals surface area contributed by atoms with E-state index in [1.165, 1.54) is 32.1 Å². The van der Waals surface area contributed by atoms with Crippen molar-refractivity contribution < 1.29 is 52.5 Å². The first-order valence-electron chi connectivity index (χ1n) is 28.8. The maximum absolute atomic E-state index is 13.3. The molecule has 72 heavy (non-hydrogen) atoms. The molecular weight excluding hydrogens is 909 g/mol. The molecule has 4 fully saturated rings. The fourth-order valence-electron chi connectivity index (χ4n) is 14.7. The molecule has 0 radical (unpaired) electrons. The number of hydrogen-bond donors (Lipinski definition) is 0. The Morgan fingerprint density at radius 2 is 1.08 bits per heavy atom. The van der Waals surface area contributed by atoms with E-state index in [-0.39, 0.29) is 77.2 Å². The minimum Gasteiger partial charge on any atom is -0.465 e. The number of carbonyl (C=O) groups is 6. The summed E-state index contributed by atoms with van der Waals surface area (Å²) in [5.74, 6) is 1.32. The molecule has 0 aromatic heterocycles. The molecule has 0 amide bonds. The lowest BCUT2D eigenvalue weighted by Gasteiger charge is -2.61. The minimum absolute atomic E-state index is 0.00200. The summed E-state index contributed by atoms with van der Waals surface area (Å²) in [6.07, 6.45) is 19.4. The fraction of sp³-hybridized carbons (Fsp3) is 0.902. The Labute approximate surface area is 437 Å². The van der Waals surface area contributed by atoms with Gasteiger partial charge in [0.2, 0.25) is 0 Å². The molecule has 5 unspecified atom stereocenters. The number of unbranched alkanes of at least 4 members (excludes halogenated alkanes) is 6. The van der Waals surface area contributed by atoms with E-state index in [4.69, 9.17) is 23.7 Å². The SMILES string of the molecule is CC(=O)[C@H]1CCC2[C@@H]3CCC4C[C@@H](OC(=O)CCCCOC(=O)C(C)CCCCCCCCC(C)C(=O)OC(COC(=O)C(C)(C)CC(C)(C)C)COC(=O)C(C)(C)CC(C)(C)C)CC[C@]4(C)C3CC[C@@]21C. The van der Waals surface area contributed by atoms with Crippen molar-refractivity contribution in [2.75, 3.05) is 19.8 Å². The quantitative estimate of drug-likeness (QED) is 0.0440. The maximum atomic E-state index is 13.3. The van der Waals surface area contributed by atoms with Crippen molar-refractivity contribution in [3.63, 3.8) is 0 Å². The van der Waals surface area contributed by atoms with Crippen LogP contribution in [0, 0.1) is 73.9 Å². The van der Waals surface area contributed by atoms with Crippen molar-refractivity contribution in [3.05, 3.63) is 0 Å². The first-order valence-corrected chi connectivity index (χ1v) is 28.8. The maximum Gasteiger partial charge on any atom is 0.311 e. The van der Waals surface area contributed by atoms with E-state index in [0.717, 1.165) is 82.5 Å². The van der Waals surface area contributed by atoms with E-state index >= 15 is 0 Å². The lowest BCUT2D eigenvalue weighted by atomic mass is 9.44. The van der Waals surface area contributed by atoms with Crippen LogP contribution in [0.3, 0.4) is 0 Å². The van der Waals surface area contributed by atoms with Gasteiger partial charge in [0, 0.05) is 12.3 Å². The Morgan fingerprint density at radius 1 is 0.569 bits per heavy atom. The van der Waals surface area contributed by atoms with Crippen LogP contribution in [-0.4, -0.2) is 67.7 Å². The molecule has 0 N–H and O–H groups in total. The molecule has 0 aromatic carbocycles. The molecule has 0 saturated heterocycles. The zero-order chi connectivity index (χ0) is 53.9. The highest BCUT2D eigenvalue weighted by Gasteiger charge is 2.61. The van der Waals surface area contributed by atoms with Gasteiger partial charge in [-0.1, -0.05) is 108 Å². The number of ether oxygens (including phenoxy) is 5. The molecule has 4 saturated carbocycles. The number of carbonyl (C=O) groups excluding carboxylic acids is 6. The van der Waals surface area contributed by atoms with Gasteiger partial charge in [0.15, 0.2) is 6.10 Å². The average molecular weight is 1010 g/mol. The summed E-state index contributed by atoms with van der Waals surface area (Å²) in [4.78, 5) is 77.8. The van der Waals surface area contributed by atoms with Gasteiger partial charge in [0.1, 0.15) is 25.1 Å². The third kappa shape index (κ3) is 17.8. The van der Waals surface area contributed by atoms with Crippen molar-refractivity contribution in [3.8, 4) is 0 Å². The second-order valence-corrected chi connectivity index (χ2v) is 28.0. The van der Waals surface area contributed by atoms with E-state index in [0.29, 0.717) is 68.2 Å². The van der Waals surface area contributed by atoms with Gasteiger partial charge < -0.3 is 23.7 Å². The Morgan fingerprint density at radius 3 is 1.62 bits per heavy atom. The highest BCUT2D eigenvalue weighted by Crippen LogP contribution is 2.67. The van der Waals surface area contributed by atoms with Gasteiger partial charge in [0.05, 0.1) is 29.3 Å². The molecule has 11 nitrogen and oxygen atoms in total. The highest BCUT2D eigenvalue weighted by molar-refractivity contribution is 5.80. The van der Waals surface area contributed by atoms with Crippen LogP contribution in [0.2, 0.25) is 0 Å². The molecule has 10 atom stereocenters. The van der Waals surface area contributed by atoms with E-state index in [9.17, 15) is 28.8 Å². The van der Waals surface area contributed by atoms with E-state index in [1.54, 1.807) is 0 Å². The van der Waals surface area contributed by atoms with E-state index < -0.39 is 22.9 Å². The van der Waals surface area contributed by atoms with Crippen LogP contribution in [0.5, 0.6) is 0 Å². The van der Waals surface area contributed by atoms with Crippen molar-refractivity contribution in [1.29, 1.82) is 0 Å². The first-order chi connectivity index (χ1) is 33.4. The standard InChI is InChI=1S/C61H104O11/c1-41(52(64)68-35-23-22-26-51(63)71-45-31-33-60(14)44(36-45)27-28-47-49-30-29-48(43(3)62)61(49,15)34-32-50(47)60)24-20-18-16-17-19-21-25-42(2)53(65)72-46(37-69-54(66)58(10,11)39-56(4,5)6)38-70-55(67)59(12,13)40-57(7,8)9/h41-42,44-50H,16-40H2,1-15H3/t41?,42?,44?,45-,47-,48+,49?,50?,60-,61+/m0/s1. The summed E-state index contributed by atoms with van der Waals surface area (Å²) < 4.78 is 28.9. The molecule has 0 bridgehead atoms. The first kappa shape index (κ1) is 61.6. The molecule has 0 aromatic rings. The molecule has 11 heteroatoms. The summed E-state index contributed by atoms with van der Waals surface area (Å²) in [7, 11) is 0. The van der Waals surface area contributed by atoms with Crippen LogP contribution in [-0.2, 0) is 52.5 Å². The number of Topliss-reactive ketones (excluding diaryl/α,β-unsaturated/α-hetero) is 1. The van der Waals surface area contributed by atoms with Crippen LogP contribution in [0.25, 0.3) is 0 Å². The van der Waals surface area contributed by atoms with E-state index in [1.807, 2.05) is 48.5 Å². The molecule has 4 rings (SSSR count). The summed E-state index contributed by atoms with van der Waals surface area (Å²) in [5.41, 5.74) is -1.18. The Balaban J connectivity index is 1.05. The summed E-state index contributed by atoms with van der Waals surface area (Å²) in [6, 6.07) is 0. The van der Waals surface area contributed by atoms with Gasteiger partial charge >= 0.3 is 29.8 Å². The zero-order valence-electron chi connectivity index (χ0n) is 48.4. The molecular formula is C61H104O11. The molecule has 4 aliphatic carbocycles. The molecule has 0 spiro atoms. The summed E-state index contributed by atoms with van der Waals surface area (Å²) >= 11 is 0. The normalized spacial score (nSPS) is 27.4. The van der Waals surface area contributed by atoms with Gasteiger partial charge in [-0.2, -0.15) is 0 Å². The minimum atomic E-state index is -0.916. The number of hydrogen-bond acceptors (Lipinski definition) is 11. The van der Waals surface area contributed by atoms with Crippen molar-refractivity contribution in [1.82, 2.24) is 0 Å². The lowest BCUT2D eigenvalue weighted by Crippen LogP contribution is -2.54. The highest BCUT2D eigenvalue weighted by atomic mass is 16.6. The largest absolute Gasteiger partial charge is 0.465 e. The van der Waals surface area contributed by atoms with Gasteiger partial charge in [-0.3, -0.25) is 28.8 Å². The smallest absolute Gasteiger partial charge is 0.311 e. The van der Waals surface area contributed by atoms with Crippen LogP contribution < -0.4 is 0 Å². The second-order valence-electron chi connectivity index (χ2n) is 28.0. The number of ketones is 1. The lowest BCUT2D eigenvalue weighted by molar-refractivity contribution is -0.176.